The third kappa shape index (κ3) is 4.59. The molecule has 0 unspecified atom stereocenters. The van der Waals surface area contributed by atoms with Crippen LogP contribution in [0, 0.1) is 0 Å². The molecule has 0 bridgehead atoms. The van der Waals surface area contributed by atoms with Gasteiger partial charge in [0.05, 0.1) is 9.79 Å². The lowest BCUT2D eigenvalue weighted by Crippen LogP contribution is -2.18. The summed E-state index contributed by atoms with van der Waals surface area (Å²) < 4.78 is 52.9. The van der Waals surface area contributed by atoms with Crippen molar-refractivity contribution in [3.05, 3.63) is 54.1 Å². The van der Waals surface area contributed by atoms with Crippen LogP contribution in [0.15, 0.2) is 58.3 Å². The molecular formula is C17H22N2O4S2. The van der Waals surface area contributed by atoms with Gasteiger partial charge in [-0.2, -0.15) is 0 Å². The van der Waals surface area contributed by atoms with Crippen molar-refractivity contribution in [1.82, 2.24) is 4.72 Å². The van der Waals surface area contributed by atoms with Crippen molar-refractivity contribution >= 4 is 25.7 Å². The molecule has 0 aromatic heterocycles. The summed E-state index contributed by atoms with van der Waals surface area (Å²) in [6, 6.07) is 12.3. The molecule has 2 N–H and O–H groups in total. The lowest BCUT2D eigenvalue weighted by atomic mass is 9.99. The van der Waals surface area contributed by atoms with E-state index in [1.54, 1.807) is 12.1 Å². The van der Waals surface area contributed by atoms with Crippen LogP contribution >= 0.6 is 0 Å². The van der Waals surface area contributed by atoms with Crippen LogP contribution in [-0.4, -0.2) is 23.9 Å². The van der Waals surface area contributed by atoms with Crippen LogP contribution in [0.4, 0.5) is 5.69 Å². The van der Waals surface area contributed by atoms with Gasteiger partial charge in [0.2, 0.25) is 10.0 Å². The van der Waals surface area contributed by atoms with Crippen LogP contribution in [0.3, 0.4) is 0 Å². The summed E-state index contributed by atoms with van der Waals surface area (Å²) in [6.45, 7) is 4.16. The number of benzene rings is 2. The van der Waals surface area contributed by atoms with Gasteiger partial charge in [0.1, 0.15) is 0 Å². The smallest absolute Gasteiger partial charge is 0.261 e. The molecule has 0 heterocycles. The normalized spacial score (nSPS) is 13.4. The lowest BCUT2D eigenvalue weighted by Gasteiger charge is -2.12. The second kappa shape index (κ2) is 7.55. The van der Waals surface area contributed by atoms with E-state index >= 15 is 0 Å². The van der Waals surface area contributed by atoms with Gasteiger partial charge in [-0.15, -0.1) is 0 Å². The third-order valence-corrected chi connectivity index (χ3v) is 6.88. The summed E-state index contributed by atoms with van der Waals surface area (Å²) in [4.78, 5) is 0.224. The minimum absolute atomic E-state index is 0.0656. The highest BCUT2D eigenvalue weighted by molar-refractivity contribution is 7.92. The fraction of sp³-hybridized carbons (Fsp3) is 0.294. The zero-order chi connectivity index (χ0) is 18.7. The fourth-order valence-corrected chi connectivity index (χ4v) is 4.03. The van der Waals surface area contributed by atoms with E-state index in [2.05, 4.69) is 23.3 Å². The van der Waals surface area contributed by atoms with Gasteiger partial charge >= 0.3 is 0 Å². The Morgan fingerprint density at radius 3 is 1.80 bits per heavy atom. The topological polar surface area (TPSA) is 92.3 Å². The molecule has 0 spiro atoms. The van der Waals surface area contributed by atoms with Crippen LogP contribution in [0.2, 0.25) is 0 Å². The molecule has 0 radical (unpaired) electrons. The molecular weight excluding hydrogens is 360 g/mol. The van der Waals surface area contributed by atoms with Crippen LogP contribution in [-0.2, 0) is 20.0 Å². The molecule has 2 aromatic carbocycles. The quantitative estimate of drug-likeness (QED) is 0.770. The zero-order valence-electron chi connectivity index (χ0n) is 14.4. The van der Waals surface area contributed by atoms with Crippen molar-refractivity contribution in [2.24, 2.45) is 0 Å². The van der Waals surface area contributed by atoms with E-state index < -0.39 is 20.0 Å². The molecule has 1 atom stereocenters. The van der Waals surface area contributed by atoms with Gasteiger partial charge in [-0.3, -0.25) is 4.72 Å². The molecule has 6 nitrogen and oxygen atoms in total. The number of nitrogens with one attached hydrogen (secondary N) is 2. The van der Waals surface area contributed by atoms with Gasteiger partial charge in [-0.1, -0.05) is 26.0 Å². The van der Waals surface area contributed by atoms with Crippen LogP contribution in [0.25, 0.3) is 0 Å². The predicted molar refractivity (Wildman–Crippen MR) is 98.6 cm³/mol. The molecule has 0 saturated heterocycles. The molecule has 0 aliphatic heterocycles. The lowest BCUT2D eigenvalue weighted by molar-refractivity contribution is 0.588. The van der Waals surface area contributed by atoms with Crippen molar-refractivity contribution in [2.75, 3.05) is 11.8 Å². The molecule has 0 amide bonds. The van der Waals surface area contributed by atoms with Crippen LogP contribution in [0.5, 0.6) is 0 Å². The monoisotopic (exact) mass is 382 g/mol. The van der Waals surface area contributed by atoms with Crippen molar-refractivity contribution in [1.29, 1.82) is 0 Å². The first kappa shape index (κ1) is 19.4. The van der Waals surface area contributed by atoms with E-state index in [0.29, 0.717) is 11.6 Å². The Balaban J connectivity index is 2.21. The molecule has 0 fully saturated rings. The zero-order valence-corrected chi connectivity index (χ0v) is 16.0. The number of hydrogen-bond acceptors (Lipinski definition) is 4. The van der Waals surface area contributed by atoms with Gasteiger partial charge in [0, 0.05) is 5.69 Å². The standard InChI is InChI=1S/C17H22N2O4S2/c1-4-13(2)14-5-9-17(10-6-14)25(22,23)19-15-7-11-16(12-8-15)24(20,21)18-3/h5-13,18-19H,4H2,1-3H3/t13-/m0/s1. The highest BCUT2D eigenvalue weighted by Crippen LogP contribution is 2.22. The summed E-state index contributed by atoms with van der Waals surface area (Å²) in [6.07, 6.45) is 0.978. The Morgan fingerprint density at radius 1 is 0.840 bits per heavy atom. The molecule has 0 saturated carbocycles. The molecule has 2 aromatic rings. The highest BCUT2D eigenvalue weighted by Gasteiger charge is 2.16. The van der Waals surface area contributed by atoms with Crippen LogP contribution < -0.4 is 9.44 Å². The SMILES string of the molecule is CC[C@H](C)c1ccc(S(=O)(=O)Nc2ccc(S(=O)(=O)NC)cc2)cc1. The Hall–Kier alpha value is -1.90. The molecule has 136 valence electrons. The first-order chi connectivity index (χ1) is 11.7. The van der Waals surface area contributed by atoms with Crippen molar-refractivity contribution < 1.29 is 16.8 Å². The van der Waals surface area contributed by atoms with Gasteiger partial charge in [-0.25, -0.2) is 21.6 Å². The van der Waals surface area contributed by atoms with Gasteiger partial charge in [-0.05, 0) is 61.3 Å². The summed E-state index contributed by atoms with van der Waals surface area (Å²) in [5.74, 6) is 0.367. The van der Waals surface area contributed by atoms with Crippen molar-refractivity contribution in [3.63, 3.8) is 0 Å². The minimum atomic E-state index is -3.73. The fourth-order valence-electron chi connectivity index (χ4n) is 2.25. The Kier molecular flexibility index (Phi) is 5.87. The second-order valence-electron chi connectivity index (χ2n) is 5.72. The molecule has 2 rings (SSSR count). The number of rotatable bonds is 7. The van der Waals surface area contributed by atoms with E-state index in [-0.39, 0.29) is 9.79 Å². The maximum Gasteiger partial charge on any atom is 0.261 e. The average molecular weight is 383 g/mol. The Labute approximate surface area is 149 Å². The van der Waals surface area contributed by atoms with Crippen molar-refractivity contribution in [3.8, 4) is 0 Å². The number of sulfonamides is 2. The molecule has 0 aliphatic carbocycles. The largest absolute Gasteiger partial charge is 0.280 e. The Morgan fingerprint density at radius 2 is 1.32 bits per heavy atom. The second-order valence-corrected chi connectivity index (χ2v) is 9.28. The molecule has 8 heteroatoms. The Bertz CT molecular complexity index is 920. The predicted octanol–water partition coefficient (Wildman–Crippen LogP) is 2.91. The minimum Gasteiger partial charge on any atom is -0.280 e. The highest BCUT2D eigenvalue weighted by atomic mass is 32.2. The molecule has 0 aliphatic rings. The number of anilines is 1. The van der Waals surface area contributed by atoms with Gasteiger partial charge in [0.15, 0.2) is 0 Å². The van der Waals surface area contributed by atoms with E-state index in [1.165, 1.54) is 31.3 Å². The van der Waals surface area contributed by atoms with Gasteiger partial charge in [0.25, 0.3) is 10.0 Å². The average Bonchev–Trinajstić information content (AvgIpc) is 2.61. The number of hydrogen-bond donors (Lipinski definition) is 2. The van der Waals surface area contributed by atoms with Crippen LogP contribution in [0.1, 0.15) is 31.7 Å². The summed E-state index contributed by atoms with van der Waals surface area (Å²) in [7, 11) is -5.97. The summed E-state index contributed by atoms with van der Waals surface area (Å²) in [5, 5.41) is 0. The van der Waals surface area contributed by atoms with E-state index in [4.69, 9.17) is 0 Å². The van der Waals surface area contributed by atoms with E-state index in [1.807, 2.05) is 12.1 Å². The van der Waals surface area contributed by atoms with E-state index in [9.17, 15) is 16.8 Å². The first-order valence-corrected chi connectivity index (χ1v) is 10.8. The molecule has 25 heavy (non-hydrogen) atoms. The first-order valence-electron chi connectivity index (χ1n) is 7.86. The maximum absolute atomic E-state index is 12.4. The van der Waals surface area contributed by atoms with Gasteiger partial charge < -0.3 is 0 Å². The summed E-state index contributed by atoms with van der Waals surface area (Å²) in [5.41, 5.74) is 1.38. The van der Waals surface area contributed by atoms with E-state index in [0.717, 1.165) is 12.0 Å². The van der Waals surface area contributed by atoms with Crippen molar-refractivity contribution in [2.45, 2.75) is 36.0 Å². The summed E-state index contributed by atoms with van der Waals surface area (Å²) >= 11 is 0. The maximum atomic E-state index is 12.4. The third-order valence-electron chi connectivity index (χ3n) is 4.06.